The van der Waals surface area contributed by atoms with Gasteiger partial charge in [0.15, 0.2) is 0 Å². The lowest BCUT2D eigenvalue weighted by molar-refractivity contribution is -0.122. The predicted octanol–water partition coefficient (Wildman–Crippen LogP) is 1.73. The standard InChI is InChI=1S/C14H21NO3/c1-12(6-5-10-16)15-14(17)9-11-18-13-7-3-2-4-8-13/h2-4,7-8,12,16H,5-6,9-11H2,1H3,(H,15,17). The fourth-order valence-electron chi connectivity index (χ4n) is 1.59. The highest BCUT2D eigenvalue weighted by Crippen LogP contribution is 2.08. The molecule has 1 aromatic carbocycles. The van der Waals surface area contributed by atoms with Crippen LogP contribution in [0.5, 0.6) is 5.75 Å². The van der Waals surface area contributed by atoms with E-state index in [0.717, 1.165) is 12.2 Å². The Balaban J connectivity index is 2.13. The molecule has 0 fully saturated rings. The highest BCUT2D eigenvalue weighted by atomic mass is 16.5. The summed E-state index contributed by atoms with van der Waals surface area (Å²) in [7, 11) is 0. The normalized spacial score (nSPS) is 11.9. The molecule has 1 amide bonds. The zero-order chi connectivity index (χ0) is 13.2. The minimum atomic E-state index is -0.0172. The summed E-state index contributed by atoms with van der Waals surface area (Å²) in [5.41, 5.74) is 0. The molecule has 0 aliphatic heterocycles. The summed E-state index contributed by atoms with van der Waals surface area (Å²) in [4.78, 5) is 11.6. The van der Waals surface area contributed by atoms with Crippen LogP contribution in [-0.4, -0.2) is 30.3 Å². The van der Waals surface area contributed by atoms with Crippen molar-refractivity contribution >= 4 is 5.91 Å². The molecular weight excluding hydrogens is 230 g/mol. The average Bonchev–Trinajstić information content (AvgIpc) is 2.37. The van der Waals surface area contributed by atoms with E-state index in [1.165, 1.54) is 0 Å². The number of nitrogens with one attached hydrogen (secondary N) is 1. The Hall–Kier alpha value is -1.55. The van der Waals surface area contributed by atoms with Crippen molar-refractivity contribution in [3.05, 3.63) is 30.3 Å². The van der Waals surface area contributed by atoms with Gasteiger partial charge < -0.3 is 15.2 Å². The molecule has 1 atom stereocenters. The number of benzene rings is 1. The molecule has 1 rings (SSSR count). The van der Waals surface area contributed by atoms with E-state index in [1.54, 1.807) is 0 Å². The van der Waals surface area contributed by atoms with Crippen LogP contribution in [-0.2, 0) is 4.79 Å². The zero-order valence-corrected chi connectivity index (χ0v) is 10.8. The van der Waals surface area contributed by atoms with Crippen molar-refractivity contribution in [1.29, 1.82) is 0 Å². The maximum atomic E-state index is 11.6. The molecule has 4 nitrogen and oxygen atoms in total. The molecule has 0 aliphatic rings. The second kappa shape index (κ2) is 8.53. The fraction of sp³-hybridized carbons (Fsp3) is 0.500. The Morgan fingerprint density at radius 1 is 1.39 bits per heavy atom. The molecule has 1 unspecified atom stereocenters. The largest absolute Gasteiger partial charge is 0.493 e. The van der Waals surface area contributed by atoms with Crippen LogP contribution in [0.25, 0.3) is 0 Å². The highest BCUT2D eigenvalue weighted by molar-refractivity contribution is 5.76. The van der Waals surface area contributed by atoms with Gasteiger partial charge in [0, 0.05) is 12.6 Å². The number of hydrogen-bond donors (Lipinski definition) is 2. The molecule has 0 bridgehead atoms. The van der Waals surface area contributed by atoms with Gasteiger partial charge in [-0.05, 0) is 31.9 Å². The monoisotopic (exact) mass is 251 g/mol. The molecule has 0 aliphatic carbocycles. The van der Waals surface area contributed by atoms with Gasteiger partial charge in [-0.25, -0.2) is 0 Å². The summed E-state index contributed by atoms with van der Waals surface area (Å²) >= 11 is 0. The molecule has 0 aromatic heterocycles. The van der Waals surface area contributed by atoms with Crippen molar-refractivity contribution in [3.63, 3.8) is 0 Å². The van der Waals surface area contributed by atoms with Gasteiger partial charge in [-0.15, -0.1) is 0 Å². The minimum absolute atomic E-state index is 0.0172. The number of carbonyl (C=O) groups excluding carboxylic acids is 1. The number of para-hydroxylation sites is 1. The van der Waals surface area contributed by atoms with Crippen LogP contribution in [0.2, 0.25) is 0 Å². The SMILES string of the molecule is CC(CCCO)NC(=O)CCOc1ccccc1. The lowest BCUT2D eigenvalue weighted by Crippen LogP contribution is -2.33. The number of carbonyl (C=O) groups is 1. The molecule has 0 saturated carbocycles. The summed E-state index contributed by atoms with van der Waals surface area (Å²) in [5.74, 6) is 0.759. The fourth-order valence-corrected chi connectivity index (χ4v) is 1.59. The smallest absolute Gasteiger partial charge is 0.223 e. The van der Waals surface area contributed by atoms with Crippen LogP contribution < -0.4 is 10.1 Å². The number of aliphatic hydroxyl groups is 1. The first-order valence-corrected chi connectivity index (χ1v) is 6.30. The summed E-state index contributed by atoms with van der Waals surface area (Å²) in [6.45, 7) is 2.48. The Bertz CT molecular complexity index is 340. The number of hydrogen-bond acceptors (Lipinski definition) is 3. The van der Waals surface area contributed by atoms with Crippen LogP contribution in [0.3, 0.4) is 0 Å². The summed E-state index contributed by atoms with van der Waals surface area (Å²) in [6, 6.07) is 9.53. The molecule has 0 saturated heterocycles. The van der Waals surface area contributed by atoms with Crippen LogP contribution >= 0.6 is 0 Å². The third-order valence-corrected chi connectivity index (χ3v) is 2.54. The van der Waals surface area contributed by atoms with Crippen LogP contribution in [0.1, 0.15) is 26.2 Å². The summed E-state index contributed by atoms with van der Waals surface area (Å²) < 4.78 is 5.44. The second-order valence-corrected chi connectivity index (χ2v) is 4.25. The highest BCUT2D eigenvalue weighted by Gasteiger charge is 2.06. The van der Waals surface area contributed by atoms with Crippen molar-refractivity contribution in [2.24, 2.45) is 0 Å². The molecular formula is C14H21NO3. The van der Waals surface area contributed by atoms with Gasteiger partial charge in [0.1, 0.15) is 5.75 Å². The van der Waals surface area contributed by atoms with E-state index in [9.17, 15) is 4.79 Å². The quantitative estimate of drug-likeness (QED) is 0.740. The van der Waals surface area contributed by atoms with Crippen LogP contribution in [0.15, 0.2) is 30.3 Å². The molecule has 0 radical (unpaired) electrons. The first-order valence-electron chi connectivity index (χ1n) is 6.30. The molecule has 2 N–H and O–H groups in total. The van der Waals surface area contributed by atoms with E-state index in [4.69, 9.17) is 9.84 Å². The Morgan fingerprint density at radius 2 is 2.11 bits per heavy atom. The summed E-state index contributed by atoms with van der Waals surface area (Å²) in [5, 5.41) is 11.6. The summed E-state index contributed by atoms with van der Waals surface area (Å²) in [6.07, 6.45) is 1.85. The first kappa shape index (κ1) is 14.5. The predicted molar refractivity (Wildman–Crippen MR) is 70.5 cm³/mol. The third-order valence-electron chi connectivity index (χ3n) is 2.54. The molecule has 18 heavy (non-hydrogen) atoms. The molecule has 4 heteroatoms. The van der Waals surface area contributed by atoms with E-state index in [1.807, 2.05) is 37.3 Å². The minimum Gasteiger partial charge on any atom is -0.493 e. The van der Waals surface area contributed by atoms with E-state index >= 15 is 0 Å². The van der Waals surface area contributed by atoms with Gasteiger partial charge in [0.05, 0.1) is 13.0 Å². The molecule has 0 spiro atoms. The molecule has 0 heterocycles. The maximum Gasteiger partial charge on any atom is 0.223 e. The number of rotatable bonds is 8. The number of amides is 1. The Labute approximate surface area is 108 Å². The van der Waals surface area contributed by atoms with Gasteiger partial charge in [-0.3, -0.25) is 4.79 Å². The van der Waals surface area contributed by atoms with E-state index in [-0.39, 0.29) is 18.6 Å². The Kier molecular flexibility index (Phi) is 6.87. The molecule has 1 aromatic rings. The van der Waals surface area contributed by atoms with E-state index < -0.39 is 0 Å². The zero-order valence-electron chi connectivity index (χ0n) is 10.8. The molecule has 100 valence electrons. The van der Waals surface area contributed by atoms with Crippen molar-refractivity contribution in [1.82, 2.24) is 5.32 Å². The van der Waals surface area contributed by atoms with Crippen molar-refractivity contribution in [2.45, 2.75) is 32.2 Å². The van der Waals surface area contributed by atoms with Gasteiger partial charge in [0.25, 0.3) is 0 Å². The maximum absolute atomic E-state index is 11.6. The van der Waals surface area contributed by atoms with E-state index in [0.29, 0.717) is 19.4 Å². The topological polar surface area (TPSA) is 58.6 Å². The van der Waals surface area contributed by atoms with Gasteiger partial charge in [-0.1, -0.05) is 18.2 Å². The van der Waals surface area contributed by atoms with Gasteiger partial charge in [0.2, 0.25) is 5.91 Å². The van der Waals surface area contributed by atoms with Gasteiger partial charge >= 0.3 is 0 Å². The second-order valence-electron chi connectivity index (χ2n) is 4.25. The number of ether oxygens (including phenoxy) is 1. The van der Waals surface area contributed by atoms with Gasteiger partial charge in [-0.2, -0.15) is 0 Å². The van der Waals surface area contributed by atoms with Crippen molar-refractivity contribution < 1.29 is 14.6 Å². The van der Waals surface area contributed by atoms with Crippen LogP contribution in [0.4, 0.5) is 0 Å². The lowest BCUT2D eigenvalue weighted by Gasteiger charge is -2.13. The number of aliphatic hydroxyl groups excluding tert-OH is 1. The third kappa shape index (κ3) is 6.25. The van der Waals surface area contributed by atoms with E-state index in [2.05, 4.69) is 5.32 Å². The first-order chi connectivity index (χ1) is 8.72. The average molecular weight is 251 g/mol. The van der Waals surface area contributed by atoms with Crippen molar-refractivity contribution in [3.8, 4) is 5.75 Å². The Morgan fingerprint density at radius 3 is 2.78 bits per heavy atom. The van der Waals surface area contributed by atoms with Crippen LogP contribution in [0, 0.1) is 0 Å². The van der Waals surface area contributed by atoms with Crippen molar-refractivity contribution in [2.75, 3.05) is 13.2 Å². The lowest BCUT2D eigenvalue weighted by atomic mass is 10.2.